The van der Waals surface area contributed by atoms with E-state index >= 15 is 0 Å². The van der Waals surface area contributed by atoms with E-state index in [4.69, 9.17) is 4.42 Å². The quantitative estimate of drug-likeness (QED) is 0.264. The van der Waals surface area contributed by atoms with Crippen molar-refractivity contribution in [2.75, 3.05) is 36.4 Å². The summed E-state index contributed by atoms with van der Waals surface area (Å²) in [5, 5.41) is 3.78. The largest absolute Gasteiger partial charge is 0.422 e. The van der Waals surface area contributed by atoms with Gasteiger partial charge < -0.3 is 14.6 Å². The number of para-hydroxylation sites is 1. The van der Waals surface area contributed by atoms with Gasteiger partial charge in [-0.2, -0.15) is 0 Å². The van der Waals surface area contributed by atoms with Crippen LogP contribution in [-0.2, 0) is 6.54 Å². The molecule has 6 rings (SSSR count). The molecule has 1 aromatic heterocycles. The minimum absolute atomic E-state index is 0.156. The van der Waals surface area contributed by atoms with Gasteiger partial charge in [0.2, 0.25) is 0 Å². The monoisotopic (exact) mass is 533 g/mol. The van der Waals surface area contributed by atoms with Gasteiger partial charge in [-0.05, 0) is 60.2 Å². The van der Waals surface area contributed by atoms with Crippen LogP contribution in [0.5, 0.6) is 0 Å². The molecule has 0 aliphatic carbocycles. The van der Waals surface area contributed by atoms with Gasteiger partial charge in [0.15, 0.2) is 0 Å². The number of amides is 1. The number of carbonyl (C=O) groups excluding carboxylic acids is 1. The Kier molecular flexibility index (Phi) is 7.12. The molecular formula is C33H28FN3O3. The summed E-state index contributed by atoms with van der Waals surface area (Å²) in [4.78, 5) is 29.9. The van der Waals surface area contributed by atoms with Crippen molar-refractivity contribution in [1.29, 1.82) is 0 Å². The number of piperazine rings is 1. The van der Waals surface area contributed by atoms with Crippen molar-refractivity contribution in [2.45, 2.75) is 6.54 Å². The third kappa shape index (κ3) is 5.51. The predicted molar refractivity (Wildman–Crippen MR) is 156 cm³/mol. The van der Waals surface area contributed by atoms with Crippen LogP contribution in [0.1, 0.15) is 15.9 Å². The third-order valence-electron chi connectivity index (χ3n) is 7.31. The summed E-state index contributed by atoms with van der Waals surface area (Å²) in [5.41, 5.74) is 4.27. The first-order valence-electron chi connectivity index (χ1n) is 13.3. The molecule has 40 heavy (non-hydrogen) atoms. The van der Waals surface area contributed by atoms with E-state index in [0.717, 1.165) is 42.8 Å². The lowest BCUT2D eigenvalue weighted by atomic mass is 10.0. The highest BCUT2D eigenvalue weighted by Gasteiger charge is 2.18. The summed E-state index contributed by atoms with van der Waals surface area (Å²) in [6, 6.07) is 30.8. The fraction of sp³-hybridized carbons (Fsp3) is 0.152. The van der Waals surface area contributed by atoms with Crippen molar-refractivity contribution in [3.63, 3.8) is 0 Å². The number of rotatable bonds is 6. The number of benzene rings is 4. The zero-order valence-electron chi connectivity index (χ0n) is 21.8. The lowest BCUT2D eigenvalue weighted by Crippen LogP contribution is -2.46. The molecule has 1 fully saturated rings. The maximum Gasteiger partial charge on any atom is 0.344 e. The number of hydrogen-bond donors (Lipinski definition) is 1. The summed E-state index contributed by atoms with van der Waals surface area (Å²) < 4.78 is 19.4. The summed E-state index contributed by atoms with van der Waals surface area (Å²) in [6.45, 7) is 4.01. The van der Waals surface area contributed by atoms with E-state index in [1.807, 2.05) is 54.6 Å². The second-order valence-corrected chi connectivity index (χ2v) is 9.92. The first-order valence-corrected chi connectivity index (χ1v) is 13.3. The molecular weight excluding hydrogens is 505 g/mol. The summed E-state index contributed by atoms with van der Waals surface area (Å²) >= 11 is 0. The number of carbonyl (C=O) groups is 1. The molecule has 1 saturated heterocycles. The minimum Gasteiger partial charge on any atom is -0.422 e. The molecule has 1 N–H and O–H groups in total. The Morgan fingerprint density at radius 3 is 2.27 bits per heavy atom. The Morgan fingerprint density at radius 1 is 0.825 bits per heavy atom. The molecule has 0 unspecified atom stereocenters. The molecule has 0 atom stereocenters. The van der Waals surface area contributed by atoms with E-state index in [9.17, 15) is 14.0 Å². The van der Waals surface area contributed by atoms with Crippen molar-refractivity contribution < 1.29 is 13.6 Å². The van der Waals surface area contributed by atoms with Crippen LogP contribution in [0.25, 0.3) is 22.1 Å². The van der Waals surface area contributed by atoms with Crippen molar-refractivity contribution >= 4 is 28.3 Å². The number of anilines is 2. The molecule has 6 nitrogen and oxygen atoms in total. The Bertz CT molecular complexity index is 1710. The highest BCUT2D eigenvalue weighted by atomic mass is 19.1. The summed E-state index contributed by atoms with van der Waals surface area (Å²) in [7, 11) is 0. The van der Waals surface area contributed by atoms with Crippen molar-refractivity contribution in [2.24, 2.45) is 0 Å². The lowest BCUT2D eigenvalue weighted by molar-refractivity contribution is 0.102. The second-order valence-electron chi connectivity index (χ2n) is 9.92. The number of nitrogens with one attached hydrogen (secondary N) is 1. The Morgan fingerprint density at radius 2 is 1.52 bits per heavy atom. The van der Waals surface area contributed by atoms with Crippen molar-refractivity contribution in [3.8, 4) is 11.1 Å². The highest BCUT2D eigenvalue weighted by molar-refractivity contribution is 6.04. The zero-order valence-corrected chi connectivity index (χ0v) is 21.8. The molecule has 1 aliphatic heterocycles. The average molecular weight is 534 g/mol. The molecule has 200 valence electrons. The molecule has 0 radical (unpaired) electrons. The molecule has 5 aromatic rings. The Balaban J connectivity index is 1.06. The van der Waals surface area contributed by atoms with Gasteiger partial charge in [0, 0.05) is 60.6 Å². The second kappa shape index (κ2) is 11.2. The van der Waals surface area contributed by atoms with Gasteiger partial charge in [0.1, 0.15) is 11.4 Å². The summed E-state index contributed by atoms with van der Waals surface area (Å²) in [5.74, 6) is -0.386. The number of halogens is 1. The Hall–Kier alpha value is -4.75. The van der Waals surface area contributed by atoms with Gasteiger partial charge in [0.05, 0.1) is 5.56 Å². The molecule has 4 aromatic carbocycles. The van der Waals surface area contributed by atoms with Crippen LogP contribution in [0.3, 0.4) is 0 Å². The topological polar surface area (TPSA) is 65.8 Å². The van der Waals surface area contributed by atoms with E-state index in [1.165, 1.54) is 6.07 Å². The molecule has 0 saturated carbocycles. The molecule has 0 bridgehead atoms. The predicted octanol–water partition coefficient (Wildman–Crippen LogP) is 6.17. The first-order chi connectivity index (χ1) is 19.5. The highest BCUT2D eigenvalue weighted by Crippen LogP contribution is 2.23. The summed E-state index contributed by atoms with van der Waals surface area (Å²) in [6.07, 6.45) is 0. The van der Waals surface area contributed by atoms with Gasteiger partial charge in [-0.15, -0.1) is 0 Å². The van der Waals surface area contributed by atoms with Gasteiger partial charge in [-0.25, -0.2) is 9.18 Å². The standard InChI is InChI=1S/C33H28FN3O3/c34-30-7-3-1-6-26(30)22-36-17-19-37(20-18-36)28-15-13-27(14-16-28)35-32(38)24-11-9-23(10-12-24)29-21-25-5-2-4-8-31(25)40-33(29)39/h1-16,21H,17-20,22H2,(H,35,38). The van der Waals surface area contributed by atoms with Gasteiger partial charge in [-0.1, -0.05) is 48.5 Å². The van der Waals surface area contributed by atoms with E-state index in [0.29, 0.717) is 34.5 Å². The van der Waals surface area contributed by atoms with Crippen molar-refractivity contribution in [1.82, 2.24) is 4.90 Å². The van der Waals surface area contributed by atoms with Crippen LogP contribution in [-0.4, -0.2) is 37.0 Å². The van der Waals surface area contributed by atoms with E-state index in [2.05, 4.69) is 15.1 Å². The SMILES string of the molecule is O=C(Nc1ccc(N2CCN(Cc3ccccc3F)CC2)cc1)c1ccc(-c2cc3ccccc3oc2=O)cc1. The van der Waals surface area contributed by atoms with Crippen LogP contribution in [0.15, 0.2) is 112 Å². The maximum absolute atomic E-state index is 14.0. The number of fused-ring (bicyclic) bond motifs is 1. The average Bonchev–Trinajstić information content (AvgIpc) is 2.99. The van der Waals surface area contributed by atoms with E-state index in [1.54, 1.807) is 42.5 Å². The normalized spacial score (nSPS) is 13.9. The third-order valence-corrected chi connectivity index (χ3v) is 7.31. The van der Waals surface area contributed by atoms with Crippen LogP contribution in [0, 0.1) is 5.82 Å². The number of nitrogens with zero attached hydrogens (tertiary/aromatic N) is 2. The minimum atomic E-state index is -0.414. The molecule has 2 heterocycles. The Labute approximate surface area is 231 Å². The fourth-order valence-electron chi connectivity index (χ4n) is 5.05. The van der Waals surface area contributed by atoms with Gasteiger partial charge in [0.25, 0.3) is 5.91 Å². The van der Waals surface area contributed by atoms with Gasteiger partial charge >= 0.3 is 5.63 Å². The van der Waals surface area contributed by atoms with Crippen LogP contribution in [0.4, 0.5) is 15.8 Å². The van der Waals surface area contributed by atoms with Crippen LogP contribution in [0.2, 0.25) is 0 Å². The molecule has 1 amide bonds. The van der Waals surface area contributed by atoms with Crippen LogP contribution < -0.4 is 15.8 Å². The van der Waals surface area contributed by atoms with E-state index in [-0.39, 0.29) is 11.7 Å². The molecule has 0 spiro atoms. The van der Waals surface area contributed by atoms with Gasteiger partial charge in [-0.3, -0.25) is 9.69 Å². The number of hydrogen-bond acceptors (Lipinski definition) is 5. The zero-order chi connectivity index (χ0) is 27.5. The first kappa shape index (κ1) is 25.5. The fourth-order valence-corrected chi connectivity index (χ4v) is 5.05. The van der Waals surface area contributed by atoms with Crippen molar-refractivity contribution in [3.05, 3.63) is 130 Å². The molecule has 1 aliphatic rings. The smallest absolute Gasteiger partial charge is 0.344 e. The lowest BCUT2D eigenvalue weighted by Gasteiger charge is -2.36. The van der Waals surface area contributed by atoms with Crippen LogP contribution >= 0.6 is 0 Å². The maximum atomic E-state index is 14.0. The van der Waals surface area contributed by atoms with E-state index < -0.39 is 5.63 Å². The molecule has 7 heteroatoms.